The zero-order valence-electron chi connectivity index (χ0n) is 17.0. The normalized spacial score (nSPS) is 12.9. The van der Waals surface area contributed by atoms with Crippen LogP contribution in [0.4, 0.5) is 5.00 Å². The van der Waals surface area contributed by atoms with Gasteiger partial charge >= 0.3 is 0 Å². The maximum absolute atomic E-state index is 12.7. The van der Waals surface area contributed by atoms with Gasteiger partial charge in [0.1, 0.15) is 11.1 Å². The van der Waals surface area contributed by atoms with Gasteiger partial charge in [0.2, 0.25) is 11.8 Å². The van der Waals surface area contributed by atoms with Crippen LogP contribution in [0.25, 0.3) is 6.08 Å². The van der Waals surface area contributed by atoms with Crippen LogP contribution in [-0.4, -0.2) is 28.2 Å². The molecule has 32 heavy (non-hydrogen) atoms. The number of anilines is 1. The standard InChI is InChI=1S/C24H19ClN4O2S/c25-20-4-2-1-3-17(20)5-6-22(30)28-24-19(14-26)18-9-12-29(15-21(18)32-24)23(31)13-16-7-10-27-11-8-16/h1-8,10-11H,9,12-13,15H2,(H,28,30). The predicted octanol–water partition coefficient (Wildman–Crippen LogP) is 4.45. The Morgan fingerprint density at radius 3 is 2.78 bits per heavy atom. The number of carbonyl (C=O) groups excluding carboxylic acids is 2. The van der Waals surface area contributed by atoms with E-state index in [1.165, 1.54) is 17.4 Å². The number of thiophene rings is 1. The van der Waals surface area contributed by atoms with Gasteiger partial charge in [-0.3, -0.25) is 14.6 Å². The molecule has 6 nitrogen and oxygen atoms in total. The van der Waals surface area contributed by atoms with Gasteiger partial charge in [-0.25, -0.2) is 0 Å². The minimum Gasteiger partial charge on any atom is -0.337 e. The van der Waals surface area contributed by atoms with Crippen LogP contribution in [-0.2, 0) is 29.0 Å². The highest BCUT2D eigenvalue weighted by Gasteiger charge is 2.27. The van der Waals surface area contributed by atoms with Gasteiger partial charge in [-0.1, -0.05) is 29.8 Å². The average Bonchev–Trinajstić information content (AvgIpc) is 3.15. The summed E-state index contributed by atoms with van der Waals surface area (Å²) in [5.41, 5.74) is 3.04. The number of benzene rings is 1. The smallest absolute Gasteiger partial charge is 0.249 e. The van der Waals surface area contributed by atoms with Gasteiger partial charge in [-0.15, -0.1) is 11.3 Å². The van der Waals surface area contributed by atoms with E-state index in [9.17, 15) is 14.9 Å². The molecule has 0 saturated carbocycles. The molecule has 2 aromatic heterocycles. The van der Waals surface area contributed by atoms with Crippen molar-refractivity contribution in [3.05, 3.63) is 87.0 Å². The van der Waals surface area contributed by atoms with Crippen LogP contribution in [0.15, 0.2) is 54.9 Å². The van der Waals surface area contributed by atoms with E-state index in [1.54, 1.807) is 29.4 Å². The number of halogens is 1. The highest BCUT2D eigenvalue weighted by molar-refractivity contribution is 7.16. The number of carbonyl (C=O) groups is 2. The van der Waals surface area contributed by atoms with Crippen molar-refractivity contribution in [2.24, 2.45) is 0 Å². The lowest BCUT2D eigenvalue weighted by molar-refractivity contribution is -0.131. The van der Waals surface area contributed by atoms with Crippen molar-refractivity contribution in [3.63, 3.8) is 0 Å². The first-order chi connectivity index (χ1) is 15.5. The van der Waals surface area contributed by atoms with Gasteiger partial charge in [0.05, 0.1) is 18.5 Å². The van der Waals surface area contributed by atoms with E-state index in [0.717, 1.165) is 21.6 Å². The summed E-state index contributed by atoms with van der Waals surface area (Å²) in [6, 6.07) is 13.1. The largest absolute Gasteiger partial charge is 0.337 e. The van der Waals surface area contributed by atoms with E-state index in [0.29, 0.717) is 41.5 Å². The molecule has 0 radical (unpaired) electrons. The van der Waals surface area contributed by atoms with E-state index in [1.807, 2.05) is 30.3 Å². The van der Waals surface area contributed by atoms with Crippen LogP contribution in [0.5, 0.6) is 0 Å². The maximum atomic E-state index is 12.7. The van der Waals surface area contributed by atoms with Crippen molar-refractivity contribution in [2.75, 3.05) is 11.9 Å². The molecule has 3 aromatic rings. The molecule has 2 amide bonds. The lowest BCUT2D eigenvalue weighted by atomic mass is 10.0. The molecule has 0 saturated heterocycles. The van der Waals surface area contributed by atoms with Crippen LogP contribution < -0.4 is 5.32 Å². The Kier molecular flexibility index (Phi) is 6.64. The SMILES string of the molecule is N#Cc1c(NC(=O)C=Cc2ccccc2Cl)sc2c1CCN(C(=O)Cc1ccncc1)C2. The molecule has 0 spiro atoms. The lowest BCUT2D eigenvalue weighted by Crippen LogP contribution is -2.36. The van der Waals surface area contributed by atoms with E-state index < -0.39 is 0 Å². The van der Waals surface area contributed by atoms with Gasteiger partial charge < -0.3 is 10.2 Å². The van der Waals surface area contributed by atoms with E-state index >= 15 is 0 Å². The molecular weight excluding hydrogens is 444 g/mol. The summed E-state index contributed by atoms with van der Waals surface area (Å²) < 4.78 is 0. The number of nitrogens with zero attached hydrogens (tertiary/aromatic N) is 3. The van der Waals surface area contributed by atoms with E-state index in [4.69, 9.17) is 11.6 Å². The molecule has 0 atom stereocenters. The predicted molar refractivity (Wildman–Crippen MR) is 125 cm³/mol. The Hall–Kier alpha value is -3.47. The number of amides is 2. The van der Waals surface area contributed by atoms with Crippen molar-refractivity contribution in [2.45, 2.75) is 19.4 Å². The Morgan fingerprint density at radius 1 is 1.25 bits per heavy atom. The molecule has 160 valence electrons. The first kappa shape index (κ1) is 21.8. The first-order valence-corrected chi connectivity index (χ1v) is 11.2. The molecule has 3 heterocycles. The minimum atomic E-state index is -0.342. The number of fused-ring (bicyclic) bond motifs is 1. The number of aromatic nitrogens is 1. The maximum Gasteiger partial charge on any atom is 0.249 e. The van der Waals surface area contributed by atoms with Gasteiger partial charge in [0.25, 0.3) is 0 Å². The van der Waals surface area contributed by atoms with Crippen LogP contribution in [0.1, 0.15) is 27.1 Å². The molecule has 1 aliphatic rings. The third-order valence-electron chi connectivity index (χ3n) is 5.18. The van der Waals surface area contributed by atoms with Crippen molar-refractivity contribution in [3.8, 4) is 6.07 Å². The fraction of sp³-hybridized carbons (Fsp3) is 0.167. The summed E-state index contributed by atoms with van der Waals surface area (Å²) in [5.74, 6) is -0.312. The summed E-state index contributed by atoms with van der Waals surface area (Å²) in [5, 5.41) is 13.5. The molecule has 0 aliphatic carbocycles. The summed E-state index contributed by atoms with van der Waals surface area (Å²) in [4.78, 5) is 31.9. The first-order valence-electron chi connectivity index (χ1n) is 10.00. The number of hydrogen-bond acceptors (Lipinski definition) is 5. The van der Waals surface area contributed by atoms with Gasteiger partial charge in [0, 0.05) is 34.9 Å². The Morgan fingerprint density at radius 2 is 2.03 bits per heavy atom. The van der Waals surface area contributed by atoms with Crippen LogP contribution in [0.3, 0.4) is 0 Å². The molecule has 4 rings (SSSR count). The molecule has 1 N–H and O–H groups in total. The Labute approximate surface area is 194 Å². The van der Waals surface area contributed by atoms with Crippen LogP contribution in [0, 0.1) is 11.3 Å². The Bertz CT molecular complexity index is 1230. The van der Waals surface area contributed by atoms with Crippen molar-refractivity contribution in [1.82, 2.24) is 9.88 Å². The summed E-state index contributed by atoms with van der Waals surface area (Å²) in [6.45, 7) is 0.978. The van der Waals surface area contributed by atoms with Crippen molar-refractivity contribution < 1.29 is 9.59 Å². The third-order valence-corrected chi connectivity index (χ3v) is 6.66. The number of pyridine rings is 1. The van der Waals surface area contributed by atoms with Crippen LogP contribution in [0.2, 0.25) is 5.02 Å². The molecule has 0 fully saturated rings. The molecule has 1 aromatic carbocycles. The minimum absolute atomic E-state index is 0.0296. The summed E-state index contributed by atoms with van der Waals surface area (Å²) in [7, 11) is 0. The summed E-state index contributed by atoms with van der Waals surface area (Å²) >= 11 is 7.46. The number of nitrogens with one attached hydrogen (secondary N) is 1. The number of nitriles is 1. The second-order valence-corrected chi connectivity index (χ2v) is 8.77. The average molecular weight is 463 g/mol. The highest BCUT2D eigenvalue weighted by Crippen LogP contribution is 2.36. The number of rotatable bonds is 5. The lowest BCUT2D eigenvalue weighted by Gasteiger charge is -2.27. The second kappa shape index (κ2) is 9.77. The van der Waals surface area contributed by atoms with Gasteiger partial charge in [-0.2, -0.15) is 5.26 Å². The topological polar surface area (TPSA) is 86.1 Å². The quantitative estimate of drug-likeness (QED) is 0.567. The molecule has 8 heteroatoms. The van der Waals surface area contributed by atoms with Gasteiger partial charge in [0.15, 0.2) is 0 Å². The fourth-order valence-electron chi connectivity index (χ4n) is 3.54. The molecule has 0 bridgehead atoms. The third kappa shape index (κ3) is 4.88. The zero-order valence-corrected chi connectivity index (χ0v) is 18.6. The second-order valence-electron chi connectivity index (χ2n) is 7.26. The van der Waals surface area contributed by atoms with Crippen molar-refractivity contribution >= 4 is 45.8 Å². The van der Waals surface area contributed by atoms with Crippen molar-refractivity contribution in [1.29, 1.82) is 5.26 Å². The molecule has 0 unspecified atom stereocenters. The van der Waals surface area contributed by atoms with E-state index in [-0.39, 0.29) is 11.8 Å². The Balaban J connectivity index is 1.46. The zero-order chi connectivity index (χ0) is 22.5. The number of hydrogen-bond donors (Lipinski definition) is 1. The van der Waals surface area contributed by atoms with Gasteiger partial charge in [-0.05, 0) is 47.4 Å². The van der Waals surface area contributed by atoms with E-state index in [2.05, 4.69) is 16.4 Å². The fourth-order valence-corrected chi connectivity index (χ4v) is 4.95. The monoisotopic (exact) mass is 462 g/mol. The summed E-state index contributed by atoms with van der Waals surface area (Å²) in [6.07, 6.45) is 7.27. The molecular formula is C24H19ClN4O2S. The molecule has 1 aliphatic heterocycles. The highest BCUT2D eigenvalue weighted by atomic mass is 35.5. The van der Waals surface area contributed by atoms with Crippen LogP contribution >= 0.6 is 22.9 Å².